The maximum atomic E-state index is 11.1. The van der Waals surface area contributed by atoms with Gasteiger partial charge in [0.05, 0.1) is 17.6 Å². The van der Waals surface area contributed by atoms with Crippen molar-refractivity contribution >= 4 is 9.84 Å². The first kappa shape index (κ1) is 9.99. The summed E-state index contributed by atoms with van der Waals surface area (Å²) in [7, 11) is -2.79. The minimum Gasteiger partial charge on any atom is -0.393 e. The van der Waals surface area contributed by atoms with Crippen LogP contribution in [-0.2, 0) is 9.84 Å². The van der Waals surface area contributed by atoms with Crippen LogP contribution >= 0.6 is 0 Å². The van der Waals surface area contributed by atoms with E-state index in [2.05, 4.69) is 0 Å². The van der Waals surface area contributed by atoms with Crippen molar-refractivity contribution in [3.8, 4) is 0 Å². The van der Waals surface area contributed by atoms with Gasteiger partial charge >= 0.3 is 0 Å². The maximum Gasteiger partial charge on any atom is 0.150 e. The van der Waals surface area contributed by atoms with Gasteiger partial charge in [0.1, 0.15) is 0 Å². The molecular formula is C8H16O3S. The zero-order chi connectivity index (χ0) is 9.35. The molecule has 12 heavy (non-hydrogen) atoms. The maximum absolute atomic E-state index is 11.1. The standard InChI is InChI=1S/C8H16O3S/c1-6(7(2)9)8-3-4-12(10,11)5-8/h6-9H,3-5H2,1-2H3. The number of hydrogen-bond acceptors (Lipinski definition) is 3. The summed E-state index contributed by atoms with van der Waals surface area (Å²) in [6, 6.07) is 0. The second kappa shape index (κ2) is 3.34. The molecule has 1 N–H and O–H groups in total. The molecular weight excluding hydrogens is 176 g/mol. The summed E-state index contributed by atoms with van der Waals surface area (Å²) in [6.45, 7) is 3.63. The summed E-state index contributed by atoms with van der Waals surface area (Å²) >= 11 is 0. The Labute approximate surface area is 73.7 Å². The lowest BCUT2D eigenvalue weighted by atomic mass is 9.90. The van der Waals surface area contributed by atoms with E-state index < -0.39 is 15.9 Å². The van der Waals surface area contributed by atoms with Crippen LogP contribution in [0.15, 0.2) is 0 Å². The predicted molar refractivity (Wildman–Crippen MR) is 47.6 cm³/mol. The minimum absolute atomic E-state index is 0.0993. The van der Waals surface area contributed by atoms with E-state index in [0.717, 1.165) is 0 Å². The number of sulfone groups is 1. The first-order chi connectivity index (χ1) is 5.42. The van der Waals surface area contributed by atoms with E-state index in [-0.39, 0.29) is 17.6 Å². The number of aliphatic hydroxyl groups excluding tert-OH is 1. The Hall–Kier alpha value is -0.0900. The fraction of sp³-hybridized carbons (Fsp3) is 1.00. The summed E-state index contributed by atoms with van der Waals surface area (Å²) in [5.74, 6) is 0.825. The summed E-state index contributed by atoms with van der Waals surface area (Å²) < 4.78 is 22.2. The number of rotatable bonds is 2. The smallest absolute Gasteiger partial charge is 0.150 e. The van der Waals surface area contributed by atoms with Gasteiger partial charge in [0, 0.05) is 0 Å². The molecule has 0 saturated carbocycles. The molecule has 72 valence electrons. The van der Waals surface area contributed by atoms with E-state index in [1.165, 1.54) is 0 Å². The van der Waals surface area contributed by atoms with E-state index in [9.17, 15) is 13.5 Å². The third kappa shape index (κ3) is 2.20. The van der Waals surface area contributed by atoms with Crippen molar-refractivity contribution in [2.45, 2.75) is 26.4 Å². The largest absolute Gasteiger partial charge is 0.393 e. The Morgan fingerprint density at radius 2 is 2.00 bits per heavy atom. The Balaban J connectivity index is 2.58. The van der Waals surface area contributed by atoms with Crippen LogP contribution in [-0.4, -0.2) is 31.1 Å². The van der Waals surface area contributed by atoms with Crippen molar-refractivity contribution in [3.05, 3.63) is 0 Å². The van der Waals surface area contributed by atoms with Gasteiger partial charge in [0.25, 0.3) is 0 Å². The zero-order valence-electron chi connectivity index (χ0n) is 7.53. The second-order valence-corrected chi connectivity index (χ2v) is 5.99. The van der Waals surface area contributed by atoms with Crippen LogP contribution < -0.4 is 0 Å². The van der Waals surface area contributed by atoms with E-state index in [1.54, 1.807) is 6.92 Å². The minimum atomic E-state index is -2.79. The van der Waals surface area contributed by atoms with Gasteiger partial charge in [0.15, 0.2) is 9.84 Å². The molecule has 1 saturated heterocycles. The van der Waals surface area contributed by atoms with E-state index >= 15 is 0 Å². The van der Waals surface area contributed by atoms with Gasteiger partial charge in [-0.2, -0.15) is 0 Å². The molecule has 1 heterocycles. The van der Waals surface area contributed by atoms with Crippen LogP contribution in [0, 0.1) is 11.8 Å². The highest BCUT2D eigenvalue weighted by Crippen LogP contribution is 2.27. The molecule has 1 rings (SSSR count). The summed E-state index contributed by atoms with van der Waals surface area (Å²) in [5, 5.41) is 9.26. The van der Waals surface area contributed by atoms with Gasteiger partial charge in [-0.25, -0.2) is 8.42 Å². The fourth-order valence-corrected chi connectivity index (χ4v) is 3.58. The molecule has 3 atom stereocenters. The molecule has 0 aromatic rings. The monoisotopic (exact) mass is 192 g/mol. The van der Waals surface area contributed by atoms with Crippen LogP contribution in [0.5, 0.6) is 0 Å². The molecule has 0 aromatic heterocycles. The molecule has 1 aliphatic heterocycles. The third-order valence-electron chi connectivity index (χ3n) is 2.77. The van der Waals surface area contributed by atoms with Crippen molar-refractivity contribution in [1.82, 2.24) is 0 Å². The van der Waals surface area contributed by atoms with Crippen molar-refractivity contribution in [3.63, 3.8) is 0 Å². The van der Waals surface area contributed by atoms with Gasteiger partial charge in [-0.1, -0.05) is 6.92 Å². The molecule has 0 spiro atoms. The lowest BCUT2D eigenvalue weighted by Crippen LogP contribution is -2.23. The van der Waals surface area contributed by atoms with Crippen molar-refractivity contribution in [1.29, 1.82) is 0 Å². The zero-order valence-corrected chi connectivity index (χ0v) is 8.34. The van der Waals surface area contributed by atoms with Gasteiger partial charge in [-0.05, 0) is 25.2 Å². The molecule has 3 unspecified atom stereocenters. The van der Waals surface area contributed by atoms with E-state index in [0.29, 0.717) is 12.2 Å². The van der Waals surface area contributed by atoms with Gasteiger partial charge in [-0.3, -0.25) is 0 Å². The van der Waals surface area contributed by atoms with Crippen LogP contribution in [0.1, 0.15) is 20.3 Å². The number of aliphatic hydroxyl groups is 1. The molecule has 1 aliphatic rings. The summed E-state index contributed by atoms with van der Waals surface area (Å²) in [6.07, 6.45) is 0.317. The van der Waals surface area contributed by atoms with E-state index in [1.807, 2.05) is 6.92 Å². The lowest BCUT2D eigenvalue weighted by Gasteiger charge is -2.20. The van der Waals surface area contributed by atoms with Crippen LogP contribution in [0.3, 0.4) is 0 Å². The predicted octanol–water partition coefficient (Wildman–Crippen LogP) is 0.438. The van der Waals surface area contributed by atoms with E-state index in [4.69, 9.17) is 0 Å². The second-order valence-electron chi connectivity index (χ2n) is 3.76. The third-order valence-corrected chi connectivity index (χ3v) is 4.57. The average Bonchev–Trinajstić information content (AvgIpc) is 2.28. The summed E-state index contributed by atoms with van der Waals surface area (Å²) in [4.78, 5) is 0. The molecule has 0 amide bonds. The highest BCUT2D eigenvalue weighted by atomic mass is 32.2. The van der Waals surface area contributed by atoms with Gasteiger partial charge in [0.2, 0.25) is 0 Å². The molecule has 4 heteroatoms. The lowest BCUT2D eigenvalue weighted by molar-refractivity contribution is 0.106. The number of hydrogen-bond donors (Lipinski definition) is 1. The molecule has 0 aromatic carbocycles. The van der Waals surface area contributed by atoms with Gasteiger partial charge in [-0.15, -0.1) is 0 Å². The Morgan fingerprint density at radius 3 is 2.33 bits per heavy atom. The van der Waals surface area contributed by atoms with Gasteiger partial charge < -0.3 is 5.11 Å². The normalized spacial score (nSPS) is 33.1. The Morgan fingerprint density at radius 1 is 1.42 bits per heavy atom. The van der Waals surface area contributed by atoms with Crippen molar-refractivity contribution in [2.75, 3.05) is 11.5 Å². The Kier molecular flexibility index (Phi) is 2.78. The molecule has 0 radical (unpaired) electrons. The van der Waals surface area contributed by atoms with Crippen LogP contribution in [0.4, 0.5) is 0 Å². The first-order valence-corrected chi connectivity index (χ1v) is 6.13. The molecule has 0 aliphatic carbocycles. The average molecular weight is 192 g/mol. The van der Waals surface area contributed by atoms with Crippen LogP contribution in [0.25, 0.3) is 0 Å². The molecule has 1 fully saturated rings. The SMILES string of the molecule is CC(O)C(C)C1CCS(=O)(=O)C1. The molecule has 3 nitrogen and oxygen atoms in total. The van der Waals surface area contributed by atoms with Crippen LogP contribution in [0.2, 0.25) is 0 Å². The van der Waals surface area contributed by atoms with Crippen molar-refractivity contribution < 1.29 is 13.5 Å². The van der Waals surface area contributed by atoms with Crippen molar-refractivity contribution in [2.24, 2.45) is 11.8 Å². The fourth-order valence-electron chi connectivity index (χ4n) is 1.63. The summed E-state index contributed by atoms with van der Waals surface area (Å²) in [5.41, 5.74) is 0. The quantitative estimate of drug-likeness (QED) is 0.690. The Bertz CT molecular complexity index is 243. The topological polar surface area (TPSA) is 54.4 Å². The highest BCUT2D eigenvalue weighted by Gasteiger charge is 2.33. The first-order valence-electron chi connectivity index (χ1n) is 4.31. The highest BCUT2D eigenvalue weighted by molar-refractivity contribution is 7.91. The molecule has 0 bridgehead atoms.